The van der Waals surface area contributed by atoms with Crippen molar-refractivity contribution in [3.05, 3.63) is 22.7 Å². The van der Waals surface area contributed by atoms with Gasteiger partial charge in [-0.2, -0.15) is 0 Å². The summed E-state index contributed by atoms with van der Waals surface area (Å²) >= 11 is 3.01. The van der Waals surface area contributed by atoms with Crippen molar-refractivity contribution in [2.75, 3.05) is 0 Å². The average Bonchev–Trinajstić information content (AvgIpc) is 1.92. The molecule has 0 bridgehead atoms. The molecule has 0 saturated heterocycles. The van der Waals surface area contributed by atoms with Gasteiger partial charge in [-0.05, 0) is 28.1 Å². The highest BCUT2D eigenvalue weighted by atomic mass is 79.9. The van der Waals surface area contributed by atoms with Gasteiger partial charge in [0.2, 0.25) is 0 Å². The summed E-state index contributed by atoms with van der Waals surface area (Å²) in [7, 11) is 1.28. The Morgan fingerprint density at radius 2 is 2.00 bits per heavy atom. The first kappa shape index (κ1) is 9.83. The first-order chi connectivity index (χ1) is 5.41. The maximum Gasteiger partial charge on any atom is 0.261 e. The van der Waals surface area contributed by atoms with Gasteiger partial charge < -0.3 is 5.11 Å². The van der Waals surface area contributed by atoms with E-state index >= 15 is 0 Å². The van der Waals surface area contributed by atoms with Crippen LogP contribution in [0.5, 0.6) is 5.75 Å². The highest BCUT2D eigenvalue weighted by Crippen LogP contribution is 2.27. The molecule has 1 aromatic rings. The van der Waals surface area contributed by atoms with Crippen molar-refractivity contribution in [2.45, 2.75) is 4.90 Å². The van der Waals surface area contributed by atoms with Crippen LogP contribution in [0.3, 0.4) is 0 Å². The lowest BCUT2D eigenvalue weighted by Gasteiger charge is -1.98. The van der Waals surface area contributed by atoms with Crippen molar-refractivity contribution in [2.24, 2.45) is 0 Å². The number of phenols is 1. The average molecular weight is 272 g/mol. The lowest BCUT2D eigenvalue weighted by atomic mass is 10.3. The smallest absolute Gasteiger partial charge is 0.261 e. The summed E-state index contributed by atoms with van der Waals surface area (Å²) in [6, 6.07) is 3.78. The summed E-state index contributed by atoms with van der Waals surface area (Å²) < 4.78 is 21.9. The molecule has 0 saturated carbocycles. The second-order valence-corrected chi connectivity index (χ2v) is 5.47. The van der Waals surface area contributed by atoms with Crippen LogP contribution in [0, 0.1) is 0 Å². The fraction of sp³-hybridized carbons (Fsp3) is 0. The van der Waals surface area contributed by atoms with Crippen molar-refractivity contribution in [3.63, 3.8) is 0 Å². The molecule has 0 heterocycles. The van der Waals surface area contributed by atoms with Crippen LogP contribution >= 0.6 is 26.6 Å². The fourth-order valence-corrected chi connectivity index (χ4v) is 1.66. The molecule has 1 aromatic carbocycles. The van der Waals surface area contributed by atoms with Gasteiger partial charge in [-0.1, -0.05) is 0 Å². The third-order valence-electron chi connectivity index (χ3n) is 1.20. The SMILES string of the molecule is O=S(=O)(Cl)c1ccc(Br)c(O)c1. The summed E-state index contributed by atoms with van der Waals surface area (Å²) in [6.07, 6.45) is 0. The Hall–Kier alpha value is -0.260. The molecular formula is C6H4BrClO3S. The van der Waals surface area contributed by atoms with Gasteiger partial charge in [-0.25, -0.2) is 8.42 Å². The third kappa shape index (κ3) is 2.12. The molecule has 0 fully saturated rings. The minimum Gasteiger partial charge on any atom is -0.507 e. The zero-order chi connectivity index (χ0) is 9.35. The highest BCUT2D eigenvalue weighted by molar-refractivity contribution is 9.10. The molecular weight excluding hydrogens is 267 g/mol. The Balaban J connectivity index is 3.33. The van der Waals surface area contributed by atoms with Crippen molar-refractivity contribution < 1.29 is 13.5 Å². The molecule has 0 atom stereocenters. The van der Waals surface area contributed by atoms with Crippen LogP contribution in [0.15, 0.2) is 27.6 Å². The predicted molar refractivity (Wildman–Crippen MR) is 48.8 cm³/mol. The van der Waals surface area contributed by atoms with E-state index in [0.29, 0.717) is 4.47 Å². The number of rotatable bonds is 1. The molecule has 3 nitrogen and oxygen atoms in total. The molecule has 0 amide bonds. The van der Waals surface area contributed by atoms with Crippen LogP contribution in [0.4, 0.5) is 0 Å². The minimum atomic E-state index is -3.75. The number of halogens is 2. The zero-order valence-corrected chi connectivity index (χ0v) is 8.82. The maximum atomic E-state index is 10.7. The second-order valence-electron chi connectivity index (χ2n) is 2.05. The van der Waals surface area contributed by atoms with E-state index in [1.165, 1.54) is 12.1 Å². The molecule has 1 N–H and O–H groups in total. The van der Waals surface area contributed by atoms with Crippen LogP contribution in [-0.2, 0) is 9.05 Å². The molecule has 0 aromatic heterocycles. The lowest BCUT2D eigenvalue weighted by Crippen LogP contribution is -1.89. The van der Waals surface area contributed by atoms with Crippen molar-refractivity contribution in [3.8, 4) is 5.75 Å². The van der Waals surface area contributed by atoms with Crippen LogP contribution < -0.4 is 0 Å². The Kier molecular flexibility index (Phi) is 2.65. The van der Waals surface area contributed by atoms with Crippen molar-refractivity contribution >= 4 is 35.7 Å². The first-order valence-corrected chi connectivity index (χ1v) is 5.94. The number of benzene rings is 1. The fourth-order valence-electron chi connectivity index (χ4n) is 0.644. The molecule has 0 aliphatic rings. The predicted octanol–water partition coefficient (Wildman–Crippen LogP) is 2.08. The second kappa shape index (κ2) is 3.24. The van der Waals surface area contributed by atoms with Gasteiger partial charge in [0, 0.05) is 16.7 Å². The van der Waals surface area contributed by atoms with Gasteiger partial charge >= 0.3 is 0 Å². The van der Waals surface area contributed by atoms with Gasteiger partial charge in [-0.3, -0.25) is 0 Å². The summed E-state index contributed by atoms with van der Waals surface area (Å²) in [6.45, 7) is 0. The molecule has 0 spiro atoms. The van der Waals surface area contributed by atoms with Crippen molar-refractivity contribution in [1.82, 2.24) is 0 Å². The monoisotopic (exact) mass is 270 g/mol. The molecule has 12 heavy (non-hydrogen) atoms. The van der Waals surface area contributed by atoms with E-state index in [1.807, 2.05) is 0 Å². The van der Waals surface area contributed by atoms with E-state index < -0.39 is 9.05 Å². The van der Waals surface area contributed by atoms with Crippen LogP contribution in [0.25, 0.3) is 0 Å². The van der Waals surface area contributed by atoms with E-state index in [0.717, 1.165) is 6.07 Å². The number of hydrogen-bond acceptors (Lipinski definition) is 3. The summed E-state index contributed by atoms with van der Waals surface area (Å²) in [5.41, 5.74) is 0. The highest BCUT2D eigenvalue weighted by Gasteiger charge is 2.11. The minimum absolute atomic E-state index is 0.120. The Bertz CT molecular complexity index is 401. The van der Waals surface area contributed by atoms with Gasteiger partial charge in [0.05, 0.1) is 9.37 Å². The van der Waals surface area contributed by atoms with Crippen LogP contribution in [0.2, 0.25) is 0 Å². The topological polar surface area (TPSA) is 54.4 Å². The third-order valence-corrected chi connectivity index (χ3v) is 3.22. The number of phenolic OH excluding ortho intramolecular Hbond substituents is 1. The van der Waals surface area contributed by atoms with E-state index in [-0.39, 0.29) is 10.6 Å². The largest absolute Gasteiger partial charge is 0.507 e. The van der Waals surface area contributed by atoms with Crippen molar-refractivity contribution in [1.29, 1.82) is 0 Å². The van der Waals surface area contributed by atoms with Gasteiger partial charge in [-0.15, -0.1) is 0 Å². The molecule has 66 valence electrons. The van der Waals surface area contributed by atoms with E-state index in [2.05, 4.69) is 15.9 Å². The quantitative estimate of drug-likeness (QED) is 0.796. The Morgan fingerprint density at radius 1 is 1.42 bits per heavy atom. The molecule has 1 rings (SSSR count). The maximum absolute atomic E-state index is 10.7. The molecule has 6 heteroatoms. The zero-order valence-electron chi connectivity index (χ0n) is 5.66. The summed E-state index contributed by atoms with van der Waals surface area (Å²) in [5.74, 6) is -0.156. The molecule has 0 aliphatic carbocycles. The van der Waals surface area contributed by atoms with Gasteiger partial charge in [0.1, 0.15) is 5.75 Å². The van der Waals surface area contributed by atoms with E-state index in [1.54, 1.807) is 0 Å². The van der Waals surface area contributed by atoms with E-state index in [9.17, 15) is 8.42 Å². The summed E-state index contributed by atoms with van der Waals surface area (Å²) in [4.78, 5) is -0.120. The molecule has 0 aliphatic heterocycles. The number of aromatic hydroxyl groups is 1. The first-order valence-electron chi connectivity index (χ1n) is 2.84. The lowest BCUT2D eigenvalue weighted by molar-refractivity contribution is 0.470. The Morgan fingerprint density at radius 3 is 2.42 bits per heavy atom. The Labute approximate surface area is 82.5 Å². The van der Waals surface area contributed by atoms with Gasteiger partial charge in [0.15, 0.2) is 0 Å². The van der Waals surface area contributed by atoms with E-state index in [4.69, 9.17) is 15.8 Å². The van der Waals surface area contributed by atoms with Crippen LogP contribution in [0.1, 0.15) is 0 Å². The molecule has 0 unspecified atom stereocenters. The number of hydrogen-bond donors (Lipinski definition) is 1. The normalized spacial score (nSPS) is 11.5. The molecule has 0 radical (unpaired) electrons. The van der Waals surface area contributed by atoms with Crippen LogP contribution in [-0.4, -0.2) is 13.5 Å². The standard InChI is InChI=1S/C6H4BrClO3S/c7-5-2-1-4(3-6(5)9)12(8,10)11/h1-3,9H. The van der Waals surface area contributed by atoms with Gasteiger partial charge in [0.25, 0.3) is 9.05 Å². The summed E-state index contributed by atoms with van der Waals surface area (Å²) in [5, 5.41) is 9.09.